The number of likely N-dealkylation sites (tertiary alicyclic amines) is 1. The van der Waals surface area contributed by atoms with Crippen molar-refractivity contribution in [2.24, 2.45) is 0 Å². The van der Waals surface area contributed by atoms with Gasteiger partial charge >= 0.3 is 0 Å². The van der Waals surface area contributed by atoms with Gasteiger partial charge in [-0.3, -0.25) is 4.90 Å². The molecule has 1 aliphatic carbocycles. The molecule has 1 saturated carbocycles. The second-order valence-corrected chi connectivity index (χ2v) is 4.71. The van der Waals surface area contributed by atoms with Crippen LogP contribution in [0, 0.1) is 0 Å². The van der Waals surface area contributed by atoms with E-state index >= 15 is 0 Å². The third-order valence-electron chi connectivity index (χ3n) is 3.61. The summed E-state index contributed by atoms with van der Waals surface area (Å²) in [7, 11) is 0. The van der Waals surface area contributed by atoms with E-state index in [-0.39, 0.29) is 12.2 Å². The Kier molecular flexibility index (Phi) is 3.42. The SMILES string of the molecule is OC1CCCCCC1N1CC[C@H](O)C1. The van der Waals surface area contributed by atoms with E-state index < -0.39 is 0 Å². The molecule has 82 valence electrons. The Morgan fingerprint density at radius 1 is 0.929 bits per heavy atom. The summed E-state index contributed by atoms with van der Waals surface area (Å²) in [6.45, 7) is 1.73. The highest BCUT2D eigenvalue weighted by Gasteiger charge is 2.31. The van der Waals surface area contributed by atoms with Crippen LogP contribution in [0.4, 0.5) is 0 Å². The summed E-state index contributed by atoms with van der Waals surface area (Å²) in [4.78, 5) is 2.28. The molecule has 2 unspecified atom stereocenters. The van der Waals surface area contributed by atoms with E-state index in [0.29, 0.717) is 6.04 Å². The summed E-state index contributed by atoms with van der Waals surface area (Å²) in [5.74, 6) is 0. The Morgan fingerprint density at radius 3 is 2.43 bits per heavy atom. The maximum absolute atomic E-state index is 9.97. The quantitative estimate of drug-likeness (QED) is 0.612. The molecule has 2 rings (SSSR count). The van der Waals surface area contributed by atoms with E-state index in [1.54, 1.807) is 0 Å². The Labute approximate surface area is 85.7 Å². The van der Waals surface area contributed by atoms with Crippen molar-refractivity contribution in [1.82, 2.24) is 4.90 Å². The van der Waals surface area contributed by atoms with Crippen LogP contribution in [0.2, 0.25) is 0 Å². The van der Waals surface area contributed by atoms with Gasteiger partial charge in [0.1, 0.15) is 0 Å². The first kappa shape index (κ1) is 10.4. The molecule has 0 aromatic carbocycles. The van der Waals surface area contributed by atoms with Crippen LogP contribution in [-0.2, 0) is 0 Å². The monoisotopic (exact) mass is 199 g/mol. The van der Waals surface area contributed by atoms with Crippen molar-refractivity contribution < 1.29 is 10.2 Å². The van der Waals surface area contributed by atoms with Gasteiger partial charge in [0, 0.05) is 19.1 Å². The van der Waals surface area contributed by atoms with E-state index in [4.69, 9.17) is 0 Å². The average molecular weight is 199 g/mol. The average Bonchev–Trinajstić information content (AvgIpc) is 2.46. The predicted molar refractivity (Wildman–Crippen MR) is 55.1 cm³/mol. The molecule has 3 heteroatoms. The van der Waals surface area contributed by atoms with Gasteiger partial charge in [-0.05, 0) is 19.3 Å². The second-order valence-electron chi connectivity index (χ2n) is 4.71. The fraction of sp³-hybridized carbons (Fsp3) is 1.00. The van der Waals surface area contributed by atoms with Crippen molar-refractivity contribution in [3.05, 3.63) is 0 Å². The van der Waals surface area contributed by atoms with E-state index in [2.05, 4.69) is 4.90 Å². The zero-order valence-corrected chi connectivity index (χ0v) is 8.73. The predicted octanol–water partition coefficient (Wildman–Crippen LogP) is 0.747. The summed E-state index contributed by atoms with van der Waals surface area (Å²) >= 11 is 0. The zero-order chi connectivity index (χ0) is 9.97. The summed E-state index contributed by atoms with van der Waals surface area (Å²) in [5, 5.41) is 19.4. The smallest absolute Gasteiger partial charge is 0.0695 e. The summed E-state index contributed by atoms with van der Waals surface area (Å²) in [6, 6.07) is 0.314. The van der Waals surface area contributed by atoms with Crippen LogP contribution in [-0.4, -0.2) is 46.5 Å². The number of aliphatic hydroxyl groups is 2. The molecule has 1 saturated heterocycles. The lowest BCUT2D eigenvalue weighted by molar-refractivity contribution is 0.0493. The molecule has 0 aromatic heterocycles. The molecule has 14 heavy (non-hydrogen) atoms. The summed E-state index contributed by atoms with van der Waals surface area (Å²) in [6.07, 6.45) is 6.24. The Bertz CT molecular complexity index is 186. The van der Waals surface area contributed by atoms with Crippen LogP contribution in [0.25, 0.3) is 0 Å². The molecular weight excluding hydrogens is 178 g/mol. The molecular formula is C11H21NO2. The van der Waals surface area contributed by atoms with Gasteiger partial charge in [0.15, 0.2) is 0 Å². The molecule has 2 aliphatic rings. The minimum absolute atomic E-state index is 0.162. The topological polar surface area (TPSA) is 43.7 Å². The largest absolute Gasteiger partial charge is 0.392 e. The maximum atomic E-state index is 9.97. The van der Waals surface area contributed by atoms with Crippen LogP contribution in [0.3, 0.4) is 0 Å². The first-order valence-electron chi connectivity index (χ1n) is 5.87. The van der Waals surface area contributed by atoms with E-state index in [1.807, 2.05) is 0 Å². The minimum Gasteiger partial charge on any atom is -0.392 e. The molecule has 2 fully saturated rings. The molecule has 0 aromatic rings. The van der Waals surface area contributed by atoms with Gasteiger partial charge in [-0.2, -0.15) is 0 Å². The van der Waals surface area contributed by atoms with Crippen LogP contribution >= 0.6 is 0 Å². The minimum atomic E-state index is -0.164. The van der Waals surface area contributed by atoms with Crippen LogP contribution in [0.5, 0.6) is 0 Å². The number of rotatable bonds is 1. The fourth-order valence-corrected chi connectivity index (χ4v) is 2.76. The standard InChI is InChI=1S/C11H21NO2/c13-9-6-7-12(8-9)10-4-2-1-3-5-11(10)14/h9-11,13-14H,1-8H2/t9-,10?,11?/m0/s1. The lowest BCUT2D eigenvalue weighted by atomic mass is 10.0. The zero-order valence-electron chi connectivity index (χ0n) is 8.73. The van der Waals surface area contributed by atoms with Crippen molar-refractivity contribution in [2.45, 2.75) is 56.8 Å². The highest BCUT2D eigenvalue weighted by atomic mass is 16.3. The van der Waals surface area contributed by atoms with Crippen LogP contribution in [0.15, 0.2) is 0 Å². The third-order valence-corrected chi connectivity index (χ3v) is 3.61. The molecule has 2 N–H and O–H groups in total. The molecule has 0 radical (unpaired) electrons. The molecule has 0 spiro atoms. The van der Waals surface area contributed by atoms with Crippen molar-refractivity contribution in [2.75, 3.05) is 13.1 Å². The fourth-order valence-electron chi connectivity index (χ4n) is 2.76. The van der Waals surface area contributed by atoms with Gasteiger partial charge in [-0.15, -0.1) is 0 Å². The molecule has 1 aliphatic heterocycles. The first-order chi connectivity index (χ1) is 6.77. The molecule has 1 heterocycles. The normalized spacial score (nSPS) is 41.1. The Morgan fingerprint density at radius 2 is 1.71 bits per heavy atom. The van der Waals surface area contributed by atoms with Gasteiger partial charge in [-0.1, -0.05) is 19.3 Å². The van der Waals surface area contributed by atoms with Gasteiger partial charge in [-0.25, -0.2) is 0 Å². The highest BCUT2D eigenvalue weighted by Crippen LogP contribution is 2.25. The molecule has 0 amide bonds. The Hall–Kier alpha value is -0.120. The van der Waals surface area contributed by atoms with E-state index in [9.17, 15) is 10.2 Å². The summed E-state index contributed by atoms with van der Waals surface area (Å²) < 4.78 is 0. The number of hydrogen-bond acceptors (Lipinski definition) is 3. The van der Waals surface area contributed by atoms with Gasteiger partial charge in [0.05, 0.1) is 12.2 Å². The van der Waals surface area contributed by atoms with Crippen molar-refractivity contribution in [3.8, 4) is 0 Å². The third kappa shape index (κ3) is 2.27. The van der Waals surface area contributed by atoms with Gasteiger partial charge < -0.3 is 10.2 Å². The van der Waals surface area contributed by atoms with Gasteiger partial charge in [0.2, 0.25) is 0 Å². The lowest BCUT2D eigenvalue weighted by Crippen LogP contribution is -2.42. The van der Waals surface area contributed by atoms with Crippen molar-refractivity contribution >= 4 is 0 Å². The number of hydrogen-bond donors (Lipinski definition) is 2. The lowest BCUT2D eigenvalue weighted by Gasteiger charge is -2.30. The van der Waals surface area contributed by atoms with Crippen LogP contribution in [0.1, 0.15) is 38.5 Å². The molecule has 3 atom stereocenters. The molecule has 3 nitrogen and oxygen atoms in total. The second kappa shape index (κ2) is 4.60. The highest BCUT2D eigenvalue weighted by molar-refractivity contribution is 4.86. The number of aliphatic hydroxyl groups excluding tert-OH is 2. The van der Waals surface area contributed by atoms with Crippen molar-refractivity contribution in [3.63, 3.8) is 0 Å². The Balaban J connectivity index is 1.93. The van der Waals surface area contributed by atoms with Gasteiger partial charge in [0.25, 0.3) is 0 Å². The number of β-amino-alcohol motifs (C(OH)–C–C–N with tert-alkyl or cyclic N) is 1. The van der Waals surface area contributed by atoms with E-state index in [1.165, 1.54) is 12.8 Å². The summed E-state index contributed by atoms with van der Waals surface area (Å²) in [5.41, 5.74) is 0. The maximum Gasteiger partial charge on any atom is 0.0695 e. The first-order valence-corrected chi connectivity index (χ1v) is 5.87. The molecule has 0 bridgehead atoms. The van der Waals surface area contributed by atoms with E-state index in [0.717, 1.165) is 38.8 Å². The number of nitrogens with zero attached hydrogens (tertiary/aromatic N) is 1. The van der Waals surface area contributed by atoms with Crippen molar-refractivity contribution in [1.29, 1.82) is 0 Å². The van der Waals surface area contributed by atoms with Crippen LogP contribution < -0.4 is 0 Å².